The van der Waals surface area contributed by atoms with Crippen LogP contribution in [0.4, 0.5) is 5.69 Å². The monoisotopic (exact) mass is 356 g/mol. The maximum Gasteiger partial charge on any atom is 0.280 e. The molecule has 0 fully saturated rings. The van der Waals surface area contributed by atoms with Gasteiger partial charge < -0.3 is 9.32 Å². The molecule has 0 radical (unpaired) electrons. The molecule has 1 amide bonds. The van der Waals surface area contributed by atoms with Gasteiger partial charge in [0.25, 0.3) is 5.91 Å². The van der Waals surface area contributed by atoms with Gasteiger partial charge in [0.15, 0.2) is 5.69 Å². The molecule has 0 atom stereocenters. The van der Waals surface area contributed by atoms with Gasteiger partial charge in [0.2, 0.25) is 5.89 Å². The fourth-order valence-electron chi connectivity index (χ4n) is 3.29. The first-order chi connectivity index (χ1) is 13.2. The molecule has 0 saturated heterocycles. The lowest BCUT2D eigenvalue weighted by Crippen LogP contribution is -2.31. The average molecular weight is 356 g/mol. The zero-order valence-electron chi connectivity index (χ0n) is 15.3. The molecule has 4 nitrogen and oxygen atoms in total. The van der Waals surface area contributed by atoms with Gasteiger partial charge in [0.05, 0.1) is 5.69 Å². The van der Waals surface area contributed by atoms with Crippen molar-refractivity contribution in [3.63, 3.8) is 0 Å². The molecule has 4 heteroatoms. The third-order valence-corrected chi connectivity index (χ3v) is 4.64. The van der Waals surface area contributed by atoms with Crippen LogP contribution in [0.5, 0.6) is 0 Å². The predicted octanol–water partition coefficient (Wildman–Crippen LogP) is 5.47. The molecule has 27 heavy (non-hydrogen) atoms. The lowest BCUT2D eigenvalue weighted by molar-refractivity contribution is 0.0983. The summed E-state index contributed by atoms with van der Waals surface area (Å²) in [4.78, 5) is 19.5. The average Bonchev–Trinajstić information content (AvgIpc) is 3.11. The normalized spacial score (nSPS) is 10.9. The molecule has 1 aromatic heterocycles. The van der Waals surface area contributed by atoms with E-state index in [1.165, 1.54) is 0 Å². The van der Waals surface area contributed by atoms with Gasteiger partial charge in [-0.3, -0.25) is 4.79 Å². The predicted molar refractivity (Wildman–Crippen MR) is 108 cm³/mol. The zero-order valence-corrected chi connectivity index (χ0v) is 15.3. The van der Waals surface area contributed by atoms with Crippen molar-refractivity contribution in [1.82, 2.24) is 4.98 Å². The minimum absolute atomic E-state index is 0.155. The van der Waals surface area contributed by atoms with E-state index in [1.807, 2.05) is 79.7 Å². The van der Waals surface area contributed by atoms with E-state index < -0.39 is 0 Å². The van der Waals surface area contributed by atoms with Gasteiger partial charge in [0.1, 0.15) is 5.76 Å². The second-order valence-corrected chi connectivity index (χ2v) is 6.34. The number of hydrogen-bond acceptors (Lipinski definition) is 3. The molecule has 0 saturated carbocycles. The van der Waals surface area contributed by atoms with Gasteiger partial charge in [-0.05, 0) is 37.4 Å². The third-order valence-electron chi connectivity index (χ3n) is 4.64. The van der Waals surface area contributed by atoms with Crippen LogP contribution in [0.25, 0.3) is 22.2 Å². The first-order valence-corrected chi connectivity index (χ1v) is 9.01. The Labute approximate surface area is 158 Å². The van der Waals surface area contributed by atoms with Crippen molar-refractivity contribution < 1.29 is 9.21 Å². The molecule has 0 aliphatic carbocycles. The number of hydrogen-bond donors (Lipinski definition) is 0. The summed E-state index contributed by atoms with van der Waals surface area (Å²) in [6.45, 7) is 4.29. The number of anilines is 1. The number of carbonyl (C=O) groups excluding carboxylic acids is 1. The van der Waals surface area contributed by atoms with Crippen molar-refractivity contribution in [2.75, 3.05) is 11.4 Å². The molecule has 4 rings (SSSR count). The van der Waals surface area contributed by atoms with E-state index in [0.717, 1.165) is 22.0 Å². The Kier molecular flexibility index (Phi) is 4.47. The standard InChI is InChI=1S/C23H20N2O2/c1-3-25(20-15-9-13-17-10-7-8-14-19(17)20)23(26)21-16(2)27-22(24-21)18-11-5-4-6-12-18/h4-15H,3H2,1-2H3. The number of benzene rings is 3. The van der Waals surface area contributed by atoms with Gasteiger partial charge >= 0.3 is 0 Å². The van der Waals surface area contributed by atoms with Crippen molar-refractivity contribution in [3.8, 4) is 11.5 Å². The van der Waals surface area contributed by atoms with Crippen molar-refractivity contribution in [3.05, 3.63) is 84.3 Å². The molecule has 0 spiro atoms. The van der Waals surface area contributed by atoms with Crippen molar-refractivity contribution in [2.24, 2.45) is 0 Å². The van der Waals surface area contributed by atoms with E-state index in [9.17, 15) is 4.79 Å². The van der Waals surface area contributed by atoms with Crippen LogP contribution in [0.15, 0.2) is 77.2 Å². The maximum atomic E-state index is 13.3. The summed E-state index contributed by atoms with van der Waals surface area (Å²) in [5.41, 5.74) is 2.08. The highest BCUT2D eigenvalue weighted by molar-refractivity contribution is 6.10. The van der Waals surface area contributed by atoms with E-state index in [-0.39, 0.29) is 5.91 Å². The number of aryl methyl sites for hydroxylation is 1. The minimum atomic E-state index is -0.155. The van der Waals surface area contributed by atoms with Crippen molar-refractivity contribution in [2.45, 2.75) is 13.8 Å². The SMILES string of the molecule is CCN(C(=O)c1nc(-c2ccccc2)oc1C)c1cccc2ccccc12. The molecule has 0 unspecified atom stereocenters. The molecule has 3 aromatic carbocycles. The van der Waals surface area contributed by atoms with Crippen molar-refractivity contribution in [1.29, 1.82) is 0 Å². The summed E-state index contributed by atoms with van der Waals surface area (Å²) in [6.07, 6.45) is 0. The lowest BCUT2D eigenvalue weighted by Gasteiger charge is -2.22. The van der Waals surface area contributed by atoms with Crippen LogP contribution >= 0.6 is 0 Å². The maximum absolute atomic E-state index is 13.3. The van der Waals surface area contributed by atoms with Crippen LogP contribution in [0.3, 0.4) is 0 Å². The van der Waals surface area contributed by atoms with Crippen LogP contribution in [-0.2, 0) is 0 Å². The van der Waals surface area contributed by atoms with Gasteiger partial charge in [0, 0.05) is 17.5 Å². The van der Waals surface area contributed by atoms with E-state index in [1.54, 1.807) is 11.8 Å². The molecular formula is C23H20N2O2. The Balaban J connectivity index is 1.76. The fraction of sp³-hybridized carbons (Fsp3) is 0.130. The topological polar surface area (TPSA) is 46.3 Å². The van der Waals surface area contributed by atoms with Crippen LogP contribution in [0.1, 0.15) is 23.2 Å². The van der Waals surface area contributed by atoms with Gasteiger partial charge in [-0.2, -0.15) is 0 Å². The molecule has 0 N–H and O–H groups in total. The molecule has 134 valence electrons. The van der Waals surface area contributed by atoms with Crippen molar-refractivity contribution >= 4 is 22.4 Å². The third kappa shape index (κ3) is 3.10. The fourth-order valence-corrected chi connectivity index (χ4v) is 3.29. The van der Waals surface area contributed by atoms with Gasteiger partial charge in [-0.15, -0.1) is 0 Å². The number of oxazole rings is 1. The summed E-state index contributed by atoms with van der Waals surface area (Å²) >= 11 is 0. The molecule has 1 heterocycles. The highest BCUT2D eigenvalue weighted by Gasteiger charge is 2.24. The van der Waals surface area contributed by atoms with E-state index in [0.29, 0.717) is 23.9 Å². The molecule has 0 aliphatic heterocycles. The first-order valence-electron chi connectivity index (χ1n) is 9.01. The second kappa shape index (κ2) is 7.08. The van der Waals surface area contributed by atoms with Gasteiger partial charge in [-0.25, -0.2) is 4.98 Å². The molecule has 0 bridgehead atoms. The van der Waals surface area contributed by atoms with Crippen LogP contribution in [-0.4, -0.2) is 17.4 Å². The molecule has 0 aliphatic rings. The quantitative estimate of drug-likeness (QED) is 0.487. The second-order valence-electron chi connectivity index (χ2n) is 6.34. The largest absolute Gasteiger partial charge is 0.441 e. The molecule has 4 aromatic rings. The lowest BCUT2D eigenvalue weighted by atomic mass is 10.1. The summed E-state index contributed by atoms with van der Waals surface area (Å²) in [5, 5.41) is 2.14. The Morgan fingerprint density at radius 2 is 1.67 bits per heavy atom. The zero-order chi connectivity index (χ0) is 18.8. The number of nitrogens with zero attached hydrogens (tertiary/aromatic N) is 2. The van der Waals surface area contributed by atoms with Crippen LogP contribution in [0, 0.1) is 6.92 Å². The summed E-state index contributed by atoms with van der Waals surface area (Å²) in [5.74, 6) is 0.834. The Morgan fingerprint density at radius 3 is 2.44 bits per heavy atom. The van der Waals surface area contributed by atoms with E-state index in [4.69, 9.17) is 4.42 Å². The number of aromatic nitrogens is 1. The Bertz CT molecular complexity index is 1090. The number of carbonyl (C=O) groups is 1. The Hall–Kier alpha value is -3.40. The highest BCUT2D eigenvalue weighted by Crippen LogP contribution is 2.29. The number of rotatable bonds is 4. The van der Waals surface area contributed by atoms with E-state index in [2.05, 4.69) is 4.98 Å². The highest BCUT2D eigenvalue weighted by atomic mass is 16.4. The summed E-state index contributed by atoms with van der Waals surface area (Å²) in [7, 11) is 0. The van der Waals surface area contributed by atoms with Gasteiger partial charge in [-0.1, -0.05) is 54.6 Å². The van der Waals surface area contributed by atoms with E-state index >= 15 is 0 Å². The summed E-state index contributed by atoms with van der Waals surface area (Å²) < 4.78 is 5.78. The summed E-state index contributed by atoms with van der Waals surface area (Å²) in [6, 6.07) is 23.7. The first kappa shape index (κ1) is 17.0. The van der Waals surface area contributed by atoms with Crippen LogP contribution < -0.4 is 4.90 Å². The molecular weight excluding hydrogens is 336 g/mol. The minimum Gasteiger partial charge on any atom is -0.441 e. The number of fused-ring (bicyclic) bond motifs is 1. The Morgan fingerprint density at radius 1 is 0.963 bits per heavy atom. The van der Waals surface area contributed by atoms with Crippen LogP contribution in [0.2, 0.25) is 0 Å². The smallest absolute Gasteiger partial charge is 0.280 e. The number of amides is 1.